The van der Waals surface area contributed by atoms with Gasteiger partial charge < -0.3 is 14.6 Å². The number of aromatic nitrogens is 2. The molecule has 1 aromatic heterocycles. The molecule has 3 rings (SSSR count). The highest BCUT2D eigenvalue weighted by Crippen LogP contribution is 2.36. The maximum atomic E-state index is 5.72. The molecule has 1 spiro atoms. The number of nitrogens with zero attached hydrogens (tertiary/aromatic N) is 2. The number of hydrogen-bond acceptors (Lipinski definition) is 3. The van der Waals surface area contributed by atoms with Crippen molar-refractivity contribution >= 4 is 0 Å². The van der Waals surface area contributed by atoms with Crippen molar-refractivity contribution < 1.29 is 4.74 Å². The van der Waals surface area contributed by atoms with Crippen molar-refractivity contribution in [1.82, 2.24) is 14.9 Å². The Morgan fingerprint density at radius 2 is 2.41 bits per heavy atom. The molecule has 4 heteroatoms. The second-order valence-corrected chi connectivity index (χ2v) is 5.46. The van der Waals surface area contributed by atoms with E-state index in [4.69, 9.17) is 4.74 Å². The Labute approximate surface area is 102 Å². The van der Waals surface area contributed by atoms with E-state index in [2.05, 4.69) is 28.7 Å². The zero-order chi connectivity index (χ0) is 11.9. The molecule has 1 atom stereocenters. The van der Waals surface area contributed by atoms with Gasteiger partial charge >= 0.3 is 0 Å². The van der Waals surface area contributed by atoms with Crippen LogP contribution in [0.15, 0.2) is 6.33 Å². The second kappa shape index (κ2) is 4.10. The summed E-state index contributed by atoms with van der Waals surface area (Å²) in [5.41, 5.74) is 2.66. The lowest BCUT2D eigenvalue weighted by atomic mass is 9.84. The zero-order valence-electron chi connectivity index (χ0n) is 10.7. The van der Waals surface area contributed by atoms with E-state index in [0.29, 0.717) is 6.04 Å². The van der Waals surface area contributed by atoms with E-state index >= 15 is 0 Å². The molecule has 94 valence electrons. The van der Waals surface area contributed by atoms with Gasteiger partial charge in [0, 0.05) is 25.6 Å². The van der Waals surface area contributed by atoms with Gasteiger partial charge in [-0.25, -0.2) is 4.98 Å². The third-order valence-corrected chi connectivity index (χ3v) is 3.95. The molecular weight excluding hydrogens is 214 g/mol. The first-order valence-corrected chi connectivity index (χ1v) is 6.62. The summed E-state index contributed by atoms with van der Waals surface area (Å²) in [6.07, 6.45) is 5.34. The third-order valence-electron chi connectivity index (χ3n) is 3.95. The number of nitrogens with one attached hydrogen (secondary N) is 1. The van der Waals surface area contributed by atoms with Crippen LogP contribution in [0, 0.1) is 0 Å². The van der Waals surface area contributed by atoms with E-state index in [1.807, 2.05) is 6.33 Å². The lowest BCUT2D eigenvalue weighted by molar-refractivity contribution is 0.0109. The number of fused-ring (bicyclic) bond motifs is 2. The smallest absolute Gasteiger partial charge is 0.0954 e. The Bertz CT molecular complexity index is 405. The van der Waals surface area contributed by atoms with Crippen LogP contribution in [0.2, 0.25) is 0 Å². The highest BCUT2D eigenvalue weighted by atomic mass is 16.5. The molecule has 4 nitrogen and oxygen atoms in total. The lowest BCUT2D eigenvalue weighted by Crippen LogP contribution is -2.53. The maximum absolute atomic E-state index is 5.72. The van der Waals surface area contributed by atoms with E-state index in [-0.39, 0.29) is 5.54 Å². The van der Waals surface area contributed by atoms with E-state index < -0.39 is 0 Å². The molecule has 3 heterocycles. The van der Waals surface area contributed by atoms with Gasteiger partial charge in [-0.15, -0.1) is 0 Å². The van der Waals surface area contributed by atoms with Crippen LogP contribution in [0.1, 0.15) is 44.1 Å². The maximum Gasteiger partial charge on any atom is 0.0954 e. The molecular formula is C13H21N3O. The minimum atomic E-state index is 0.0204. The van der Waals surface area contributed by atoms with Crippen LogP contribution in [0.5, 0.6) is 0 Å². The largest absolute Gasteiger partial charge is 0.379 e. The predicted molar refractivity (Wildman–Crippen MR) is 66.0 cm³/mol. The highest BCUT2D eigenvalue weighted by molar-refractivity contribution is 5.28. The standard InChI is InChI=1S/C13H21N3O/c1-10(2)16-9-14-11-4-6-15-13(12(11)16)5-3-7-17-8-13/h9-10,15H,3-8H2,1-2H3. The fourth-order valence-corrected chi connectivity index (χ4v) is 3.12. The molecule has 2 aliphatic heterocycles. The topological polar surface area (TPSA) is 39.1 Å². The fourth-order valence-electron chi connectivity index (χ4n) is 3.12. The highest BCUT2D eigenvalue weighted by Gasteiger charge is 2.41. The monoisotopic (exact) mass is 235 g/mol. The van der Waals surface area contributed by atoms with Crippen LogP contribution < -0.4 is 5.32 Å². The van der Waals surface area contributed by atoms with Gasteiger partial charge in [0.2, 0.25) is 0 Å². The Balaban J connectivity index is 2.07. The van der Waals surface area contributed by atoms with Crippen molar-refractivity contribution in [2.24, 2.45) is 0 Å². The molecule has 1 fully saturated rings. The second-order valence-electron chi connectivity index (χ2n) is 5.46. The van der Waals surface area contributed by atoms with Crippen LogP contribution in [0.4, 0.5) is 0 Å². The van der Waals surface area contributed by atoms with Gasteiger partial charge in [0.05, 0.1) is 29.9 Å². The number of ether oxygens (including phenoxy) is 1. The van der Waals surface area contributed by atoms with Gasteiger partial charge in [-0.2, -0.15) is 0 Å². The minimum Gasteiger partial charge on any atom is -0.379 e. The fraction of sp³-hybridized carbons (Fsp3) is 0.769. The van der Waals surface area contributed by atoms with Crippen LogP contribution in [0.3, 0.4) is 0 Å². The van der Waals surface area contributed by atoms with E-state index in [0.717, 1.165) is 32.6 Å². The van der Waals surface area contributed by atoms with Crippen molar-refractivity contribution in [3.63, 3.8) is 0 Å². The van der Waals surface area contributed by atoms with Crippen LogP contribution in [-0.4, -0.2) is 29.3 Å². The van der Waals surface area contributed by atoms with Crippen molar-refractivity contribution in [2.45, 2.75) is 44.7 Å². The first-order chi connectivity index (χ1) is 8.23. The number of imidazole rings is 1. The van der Waals surface area contributed by atoms with Gasteiger partial charge in [0.25, 0.3) is 0 Å². The minimum absolute atomic E-state index is 0.0204. The summed E-state index contributed by atoms with van der Waals surface area (Å²) in [4.78, 5) is 4.59. The van der Waals surface area contributed by atoms with Crippen LogP contribution >= 0.6 is 0 Å². The molecule has 2 aliphatic rings. The summed E-state index contributed by atoms with van der Waals surface area (Å²) < 4.78 is 8.04. The average molecular weight is 235 g/mol. The molecule has 0 radical (unpaired) electrons. The molecule has 1 aromatic rings. The molecule has 0 saturated carbocycles. The Kier molecular flexibility index (Phi) is 2.71. The molecule has 0 aromatic carbocycles. The Hall–Kier alpha value is -0.870. The molecule has 0 bridgehead atoms. The summed E-state index contributed by atoms with van der Waals surface area (Å²) in [5, 5.41) is 3.69. The summed E-state index contributed by atoms with van der Waals surface area (Å²) in [6.45, 7) is 7.14. The molecule has 0 amide bonds. The van der Waals surface area contributed by atoms with Gasteiger partial charge in [-0.05, 0) is 26.7 Å². The average Bonchev–Trinajstić information content (AvgIpc) is 2.76. The van der Waals surface area contributed by atoms with Gasteiger partial charge in [0.15, 0.2) is 0 Å². The van der Waals surface area contributed by atoms with Crippen molar-refractivity contribution in [2.75, 3.05) is 19.8 Å². The quantitative estimate of drug-likeness (QED) is 0.804. The molecule has 1 N–H and O–H groups in total. The van der Waals surface area contributed by atoms with E-state index in [1.54, 1.807) is 0 Å². The van der Waals surface area contributed by atoms with Crippen molar-refractivity contribution in [1.29, 1.82) is 0 Å². The summed E-state index contributed by atoms with van der Waals surface area (Å²) in [7, 11) is 0. The van der Waals surface area contributed by atoms with Gasteiger partial charge in [-0.1, -0.05) is 0 Å². The number of rotatable bonds is 1. The molecule has 17 heavy (non-hydrogen) atoms. The summed E-state index contributed by atoms with van der Waals surface area (Å²) >= 11 is 0. The summed E-state index contributed by atoms with van der Waals surface area (Å²) in [6, 6.07) is 0.463. The van der Waals surface area contributed by atoms with Crippen LogP contribution in [-0.2, 0) is 16.7 Å². The van der Waals surface area contributed by atoms with Crippen molar-refractivity contribution in [3.05, 3.63) is 17.7 Å². The zero-order valence-corrected chi connectivity index (χ0v) is 10.7. The first-order valence-electron chi connectivity index (χ1n) is 6.62. The summed E-state index contributed by atoms with van der Waals surface area (Å²) in [5.74, 6) is 0. The normalized spacial score (nSPS) is 28.6. The lowest BCUT2D eigenvalue weighted by Gasteiger charge is -2.42. The molecule has 0 aliphatic carbocycles. The third kappa shape index (κ3) is 1.70. The van der Waals surface area contributed by atoms with Crippen molar-refractivity contribution in [3.8, 4) is 0 Å². The molecule has 1 unspecified atom stereocenters. The Morgan fingerprint density at radius 1 is 1.53 bits per heavy atom. The SMILES string of the molecule is CC(C)n1cnc2c1C1(CCCOC1)NCC2. The van der Waals surface area contributed by atoms with Crippen LogP contribution in [0.25, 0.3) is 0 Å². The van der Waals surface area contributed by atoms with Gasteiger partial charge in [-0.3, -0.25) is 0 Å². The first kappa shape index (κ1) is 11.2. The van der Waals surface area contributed by atoms with Gasteiger partial charge in [0.1, 0.15) is 0 Å². The Morgan fingerprint density at radius 3 is 3.12 bits per heavy atom. The van der Waals surface area contributed by atoms with E-state index in [1.165, 1.54) is 17.8 Å². The van der Waals surface area contributed by atoms with E-state index in [9.17, 15) is 0 Å². The molecule has 1 saturated heterocycles. The number of hydrogen-bond donors (Lipinski definition) is 1. The predicted octanol–water partition coefficient (Wildman–Crippen LogP) is 1.62.